The molecule has 0 bridgehead atoms. The maximum Gasteiger partial charge on any atom is 0.321 e. The number of carbonyl (C=O) groups excluding carboxylic acids is 1. The molecule has 4 aromatic rings. The molecule has 0 atom stereocenters. The van der Waals surface area contributed by atoms with Crippen LogP contribution in [0.1, 0.15) is 18.4 Å². The first kappa shape index (κ1) is 24.4. The lowest BCUT2D eigenvalue weighted by molar-refractivity contribution is 0.148. The van der Waals surface area contributed by atoms with Crippen molar-refractivity contribution in [3.63, 3.8) is 0 Å². The van der Waals surface area contributed by atoms with Gasteiger partial charge < -0.3 is 15.1 Å². The van der Waals surface area contributed by atoms with Crippen LogP contribution in [-0.2, 0) is 6.54 Å². The van der Waals surface area contributed by atoms with Gasteiger partial charge in [-0.15, -0.1) is 0 Å². The zero-order valence-electron chi connectivity index (χ0n) is 21.5. The van der Waals surface area contributed by atoms with Gasteiger partial charge in [-0.3, -0.25) is 4.90 Å². The molecule has 10 heteroatoms. The molecule has 2 aromatic heterocycles. The summed E-state index contributed by atoms with van der Waals surface area (Å²) < 4.78 is 16.3. The summed E-state index contributed by atoms with van der Waals surface area (Å²) in [6.45, 7) is 6.78. The van der Waals surface area contributed by atoms with Crippen molar-refractivity contribution in [3.05, 3.63) is 66.2 Å². The first-order valence-corrected chi connectivity index (χ1v) is 13.1. The smallest absolute Gasteiger partial charge is 0.321 e. The van der Waals surface area contributed by atoms with Crippen molar-refractivity contribution in [2.24, 2.45) is 0 Å². The summed E-state index contributed by atoms with van der Waals surface area (Å²) in [7, 11) is 2.16. The van der Waals surface area contributed by atoms with Crippen molar-refractivity contribution < 1.29 is 9.18 Å². The van der Waals surface area contributed by atoms with Crippen LogP contribution in [0.2, 0.25) is 0 Å². The van der Waals surface area contributed by atoms with Gasteiger partial charge in [0.05, 0.1) is 18.1 Å². The van der Waals surface area contributed by atoms with E-state index in [-0.39, 0.29) is 11.6 Å². The Morgan fingerprint density at radius 1 is 0.974 bits per heavy atom. The summed E-state index contributed by atoms with van der Waals surface area (Å²) in [6.07, 6.45) is 5.36. The first-order chi connectivity index (χ1) is 18.5. The molecular weight excluding hydrogens is 483 g/mol. The van der Waals surface area contributed by atoms with Crippen LogP contribution in [0.4, 0.5) is 14.9 Å². The summed E-state index contributed by atoms with van der Waals surface area (Å²) in [5.74, 6) is -0.0508. The standard InChI is InChI=1S/C28H31FN8O/c1-34-12-14-35(15-13-34)18-20-4-6-21(7-5-20)25-17-30-27-32-26(19-37(27)33-25)23-16-22(8-9-24(23)29)31-28(38)36-10-2-3-11-36/h4-9,16-17,19H,2-3,10-15,18H2,1H3,(H,31,38). The van der Waals surface area contributed by atoms with Crippen LogP contribution in [0.15, 0.2) is 54.9 Å². The molecule has 2 aliphatic rings. The Balaban J connectivity index is 1.19. The Hall–Kier alpha value is -3.89. The number of aromatic nitrogens is 4. The maximum atomic E-state index is 14.8. The Morgan fingerprint density at radius 3 is 2.50 bits per heavy atom. The maximum absolute atomic E-state index is 14.8. The molecule has 2 fully saturated rings. The number of rotatable bonds is 5. The minimum absolute atomic E-state index is 0.169. The molecular formula is C28H31FN8O. The highest BCUT2D eigenvalue weighted by atomic mass is 19.1. The number of fused-ring (bicyclic) bond motifs is 1. The lowest BCUT2D eigenvalue weighted by Gasteiger charge is -2.32. The predicted octanol–water partition coefficient (Wildman–Crippen LogP) is 3.97. The number of likely N-dealkylation sites (tertiary alicyclic amines) is 1. The fourth-order valence-electron chi connectivity index (χ4n) is 5.01. The summed E-state index contributed by atoms with van der Waals surface area (Å²) >= 11 is 0. The second-order valence-electron chi connectivity index (χ2n) is 10.1. The number of halogens is 1. The molecule has 0 unspecified atom stereocenters. The minimum atomic E-state index is -0.427. The Kier molecular flexibility index (Phi) is 6.73. The van der Waals surface area contributed by atoms with Gasteiger partial charge in [0.15, 0.2) is 0 Å². The summed E-state index contributed by atoms with van der Waals surface area (Å²) in [6, 6.07) is 12.7. The Morgan fingerprint density at radius 2 is 1.74 bits per heavy atom. The van der Waals surface area contributed by atoms with Gasteiger partial charge in [0.25, 0.3) is 5.78 Å². The van der Waals surface area contributed by atoms with E-state index in [1.807, 2.05) is 0 Å². The van der Waals surface area contributed by atoms with Crippen molar-refractivity contribution in [3.8, 4) is 22.5 Å². The van der Waals surface area contributed by atoms with E-state index in [4.69, 9.17) is 0 Å². The Labute approximate surface area is 220 Å². The summed E-state index contributed by atoms with van der Waals surface area (Å²) in [5, 5.41) is 7.54. The number of anilines is 1. The van der Waals surface area contributed by atoms with E-state index in [9.17, 15) is 9.18 Å². The lowest BCUT2D eigenvalue weighted by atomic mass is 10.1. The highest BCUT2D eigenvalue weighted by molar-refractivity contribution is 5.90. The number of nitrogens with zero attached hydrogens (tertiary/aromatic N) is 7. The minimum Gasteiger partial charge on any atom is -0.325 e. The monoisotopic (exact) mass is 514 g/mol. The predicted molar refractivity (Wildman–Crippen MR) is 144 cm³/mol. The number of urea groups is 1. The van der Waals surface area contributed by atoms with Gasteiger partial charge in [-0.05, 0) is 43.7 Å². The topological polar surface area (TPSA) is 81.9 Å². The van der Waals surface area contributed by atoms with E-state index in [1.54, 1.807) is 33.9 Å². The summed E-state index contributed by atoms with van der Waals surface area (Å²) in [5.41, 5.74) is 4.14. The average Bonchev–Trinajstić information content (AvgIpc) is 3.62. The van der Waals surface area contributed by atoms with Crippen LogP contribution in [-0.4, -0.2) is 86.6 Å². The van der Waals surface area contributed by atoms with Gasteiger partial charge >= 0.3 is 6.03 Å². The number of amides is 2. The van der Waals surface area contributed by atoms with E-state index >= 15 is 0 Å². The number of benzene rings is 2. The van der Waals surface area contributed by atoms with Crippen LogP contribution in [0.25, 0.3) is 28.3 Å². The Bertz CT molecular complexity index is 1440. The molecule has 0 aliphatic carbocycles. The molecule has 196 valence electrons. The number of piperazine rings is 1. The second kappa shape index (κ2) is 10.5. The van der Waals surface area contributed by atoms with Crippen molar-refractivity contribution in [1.82, 2.24) is 34.3 Å². The molecule has 0 radical (unpaired) electrons. The molecule has 2 saturated heterocycles. The SMILES string of the molecule is CN1CCN(Cc2ccc(-c3cnc4nc(-c5cc(NC(=O)N6CCCC6)ccc5F)cn4n3)cc2)CC1. The number of hydrogen-bond donors (Lipinski definition) is 1. The van der Waals surface area contributed by atoms with Crippen molar-refractivity contribution in [1.29, 1.82) is 0 Å². The zero-order valence-corrected chi connectivity index (χ0v) is 21.5. The van der Waals surface area contributed by atoms with Crippen LogP contribution in [0.5, 0.6) is 0 Å². The molecule has 1 N–H and O–H groups in total. The fraction of sp³-hybridized carbons (Fsp3) is 0.357. The number of hydrogen-bond acceptors (Lipinski definition) is 6. The average molecular weight is 515 g/mol. The molecule has 0 saturated carbocycles. The quantitative estimate of drug-likeness (QED) is 0.434. The van der Waals surface area contributed by atoms with Crippen molar-refractivity contribution in [2.75, 3.05) is 51.6 Å². The molecule has 9 nitrogen and oxygen atoms in total. The van der Waals surface area contributed by atoms with E-state index in [1.165, 1.54) is 11.6 Å². The molecule has 2 aliphatic heterocycles. The van der Waals surface area contributed by atoms with Gasteiger partial charge in [-0.1, -0.05) is 24.3 Å². The zero-order chi connectivity index (χ0) is 26.1. The van der Waals surface area contributed by atoms with E-state index in [0.717, 1.165) is 64.2 Å². The van der Waals surface area contributed by atoms with Crippen LogP contribution >= 0.6 is 0 Å². The molecule has 6 rings (SSSR count). The normalized spacial score (nSPS) is 16.8. The third-order valence-electron chi connectivity index (χ3n) is 7.33. The molecule has 4 heterocycles. The fourth-order valence-corrected chi connectivity index (χ4v) is 5.01. The molecule has 0 spiro atoms. The lowest BCUT2D eigenvalue weighted by Crippen LogP contribution is -2.43. The first-order valence-electron chi connectivity index (χ1n) is 13.1. The molecule has 2 amide bonds. The van der Waals surface area contributed by atoms with Crippen molar-refractivity contribution in [2.45, 2.75) is 19.4 Å². The third kappa shape index (κ3) is 5.23. The number of imidazole rings is 1. The van der Waals surface area contributed by atoms with E-state index < -0.39 is 5.82 Å². The highest BCUT2D eigenvalue weighted by Gasteiger charge is 2.19. The van der Waals surface area contributed by atoms with Gasteiger partial charge in [-0.2, -0.15) is 5.10 Å². The van der Waals surface area contributed by atoms with Crippen LogP contribution in [0.3, 0.4) is 0 Å². The van der Waals surface area contributed by atoms with E-state index in [0.29, 0.717) is 22.9 Å². The number of carbonyl (C=O) groups is 1. The van der Waals surface area contributed by atoms with Gasteiger partial charge in [0.2, 0.25) is 0 Å². The van der Waals surface area contributed by atoms with E-state index in [2.05, 4.69) is 61.5 Å². The number of nitrogens with one attached hydrogen (secondary N) is 1. The third-order valence-corrected chi connectivity index (χ3v) is 7.33. The van der Waals surface area contributed by atoms with Crippen molar-refractivity contribution >= 4 is 17.5 Å². The van der Waals surface area contributed by atoms with Crippen LogP contribution < -0.4 is 5.32 Å². The number of likely N-dealkylation sites (N-methyl/N-ethyl adjacent to an activating group) is 1. The van der Waals surface area contributed by atoms with Gasteiger partial charge in [0, 0.05) is 62.6 Å². The largest absolute Gasteiger partial charge is 0.325 e. The molecule has 38 heavy (non-hydrogen) atoms. The van der Waals surface area contributed by atoms with Gasteiger partial charge in [0.1, 0.15) is 11.5 Å². The highest BCUT2D eigenvalue weighted by Crippen LogP contribution is 2.26. The summed E-state index contributed by atoms with van der Waals surface area (Å²) in [4.78, 5) is 28.0. The van der Waals surface area contributed by atoms with Gasteiger partial charge in [-0.25, -0.2) is 23.7 Å². The molecule has 2 aromatic carbocycles. The van der Waals surface area contributed by atoms with Crippen LogP contribution in [0, 0.1) is 5.82 Å². The second-order valence-corrected chi connectivity index (χ2v) is 10.1.